The van der Waals surface area contributed by atoms with E-state index in [1.54, 1.807) is 23.1 Å². The Morgan fingerprint density at radius 2 is 1.68 bits per heavy atom. The molecule has 0 saturated carbocycles. The number of para-hydroxylation sites is 1. The van der Waals surface area contributed by atoms with Crippen LogP contribution in [0.5, 0.6) is 11.5 Å². The van der Waals surface area contributed by atoms with Gasteiger partial charge in [-0.2, -0.15) is 18.4 Å². The van der Waals surface area contributed by atoms with Crippen molar-refractivity contribution in [1.82, 2.24) is 0 Å². The molecule has 0 amide bonds. The highest BCUT2D eigenvalue weighted by molar-refractivity contribution is 5.51. The van der Waals surface area contributed by atoms with E-state index >= 15 is 0 Å². The molecule has 1 fully saturated rings. The van der Waals surface area contributed by atoms with Crippen molar-refractivity contribution < 1.29 is 35.8 Å². The first-order chi connectivity index (χ1) is 14.6. The molecule has 1 saturated heterocycles. The third kappa shape index (κ3) is 5.96. The summed E-state index contributed by atoms with van der Waals surface area (Å²) >= 11 is 0. The zero-order chi connectivity index (χ0) is 22.6. The molecule has 166 valence electrons. The van der Waals surface area contributed by atoms with Crippen molar-refractivity contribution in [3.8, 4) is 17.6 Å². The third-order valence-electron chi connectivity index (χ3n) is 4.97. The molecule has 4 nitrogen and oxygen atoms in total. The van der Waals surface area contributed by atoms with Crippen LogP contribution in [-0.4, -0.2) is 25.1 Å². The summed E-state index contributed by atoms with van der Waals surface area (Å²) in [6, 6.07) is 13.1. The molecule has 0 bridgehead atoms. The van der Waals surface area contributed by atoms with Crippen LogP contribution in [0.3, 0.4) is 0 Å². The summed E-state index contributed by atoms with van der Waals surface area (Å²) < 4.78 is 86.4. The number of nitriles is 1. The minimum Gasteiger partial charge on any atom is -0.489 e. The molecule has 31 heavy (non-hydrogen) atoms. The van der Waals surface area contributed by atoms with Crippen molar-refractivity contribution in [3.05, 3.63) is 54.1 Å². The van der Waals surface area contributed by atoms with E-state index in [4.69, 9.17) is 10.00 Å². The van der Waals surface area contributed by atoms with Crippen LogP contribution in [0.15, 0.2) is 48.5 Å². The van der Waals surface area contributed by atoms with Crippen molar-refractivity contribution >= 4 is 5.69 Å². The minimum absolute atomic E-state index is 0.0270. The summed E-state index contributed by atoms with van der Waals surface area (Å²) in [7, 11) is 0. The van der Waals surface area contributed by atoms with E-state index in [-0.39, 0.29) is 37.3 Å². The highest BCUT2D eigenvalue weighted by Crippen LogP contribution is 2.40. The molecule has 2 atom stereocenters. The van der Waals surface area contributed by atoms with E-state index in [2.05, 4.69) is 4.74 Å². The fourth-order valence-corrected chi connectivity index (χ4v) is 3.51. The van der Waals surface area contributed by atoms with Gasteiger partial charge in [0.05, 0.1) is 18.4 Å². The second-order valence-corrected chi connectivity index (χ2v) is 7.08. The van der Waals surface area contributed by atoms with Crippen molar-refractivity contribution in [2.45, 2.75) is 38.0 Å². The van der Waals surface area contributed by atoms with Gasteiger partial charge in [-0.05, 0) is 36.8 Å². The van der Waals surface area contributed by atoms with Crippen molar-refractivity contribution in [2.75, 3.05) is 11.4 Å². The number of hydrogen-bond acceptors (Lipinski definition) is 4. The van der Waals surface area contributed by atoms with Gasteiger partial charge in [-0.3, -0.25) is 0 Å². The molecule has 0 unspecified atom stereocenters. The molecule has 2 aromatic rings. The van der Waals surface area contributed by atoms with Gasteiger partial charge in [-0.15, -0.1) is 13.2 Å². The van der Waals surface area contributed by atoms with E-state index in [1.165, 1.54) is 30.3 Å². The van der Waals surface area contributed by atoms with Gasteiger partial charge >= 0.3 is 12.5 Å². The summed E-state index contributed by atoms with van der Waals surface area (Å²) in [5.41, 5.74) is 0.700. The Balaban J connectivity index is 1.68. The second-order valence-electron chi connectivity index (χ2n) is 7.08. The van der Waals surface area contributed by atoms with Crippen LogP contribution in [0.25, 0.3) is 0 Å². The van der Waals surface area contributed by atoms with E-state index < -0.39 is 24.5 Å². The highest BCUT2D eigenvalue weighted by atomic mass is 19.4. The van der Waals surface area contributed by atoms with Gasteiger partial charge in [0.25, 0.3) is 0 Å². The lowest BCUT2D eigenvalue weighted by Gasteiger charge is -2.25. The monoisotopic (exact) mass is 444 g/mol. The Labute approximate surface area is 174 Å². The molecular formula is C21H18F6N2O2. The van der Waals surface area contributed by atoms with Crippen LogP contribution in [0, 0.1) is 17.2 Å². The molecule has 10 heteroatoms. The number of nitrogens with zero attached hydrogens (tertiary/aromatic N) is 2. The average molecular weight is 444 g/mol. The Morgan fingerprint density at radius 1 is 1.00 bits per heavy atom. The minimum atomic E-state index is -4.83. The quantitative estimate of drug-likeness (QED) is 0.526. The summed E-state index contributed by atoms with van der Waals surface area (Å²) in [5.74, 6) is -1.55. The lowest BCUT2D eigenvalue weighted by atomic mass is 10.0. The third-order valence-corrected chi connectivity index (χ3v) is 4.97. The Morgan fingerprint density at radius 3 is 2.29 bits per heavy atom. The molecule has 0 spiro atoms. The summed E-state index contributed by atoms with van der Waals surface area (Å²) in [4.78, 5) is 1.55. The molecule has 0 radical (unpaired) electrons. The maximum atomic E-state index is 13.1. The standard InChI is InChI=1S/C21H18F6N2O2/c22-20(23,24)15-11-17(9-10-28)29(12-15)16-5-7-18(8-6-16)30-13-14-3-1-2-4-19(14)31-21(25,26)27/h1-8,15,17H,9,11-13H2/t15-,17+/m0/s1. The number of hydrogen-bond donors (Lipinski definition) is 0. The van der Waals surface area contributed by atoms with Gasteiger partial charge in [-0.25, -0.2) is 0 Å². The Bertz CT molecular complexity index is 921. The normalized spacial score (nSPS) is 19.2. The van der Waals surface area contributed by atoms with Gasteiger partial charge in [0.1, 0.15) is 18.1 Å². The molecule has 0 aliphatic carbocycles. The zero-order valence-corrected chi connectivity index (χ0v) is 16.1. The van der Waals surface area contributed by atoms with E-state index in [1.807, 2.05) is 6.07 Å². The Hall–Kier alpha value is -3.09. The fraction of sp³-hybridized carbons (Fsp3) is 0.381. The van der Waals surface area contributed by atoms with E-state index in [0.717, 1.165) is 0 Å². The predicted octanol–water partition coefficient (Wildman–Crippen LogP) is 5.84. The molecule has 1 aliphatic heterocycles. The molecule has 3 rings (SSSR count). The zero-order valence-electron chi connectivity index (χ0n) is 16.1. The lowest BCUT2D eigenvalue weighted by molar-refractivity contribution is -0.275. The Kier molecular flexibility index (Phi) is 6.53. The molecule has 2 aromatic carbocycles. The van der Waals surface area contributed by atoms with Crippen molar-refractivity contribution in [2.24, 2.45) is 5.92 Å². The van der Waals surface area contributed by atoms with Crippen LogP contribution in [0.1, 0.15) is 18.4 Å². The number of alkyl halides is 6. The topological polar surface area (TPSA) is 45.5 Å². The number of ether oxygens (including phenoxy) is 2. The van der Waals surface area contributed by atoms with E-state index in [9.17, 15) is 26.3 Å². The maximum Gasteiger partial charge on any atom is 0.573 e. The van der Waals surface area contributed by atoms with Gasteiger partial charge < -0.3 is 14.4 Å². The average Bonchev–Trinajstić information content (AvgIpc) is 3.11. The fourth-order valence-electron chi connectivity index (χ4n) is 3.51. The van der Waals surface area contributed by atoms with Crippen LogP contribution in [-0.2, 0) is 6.61 Å². The summed E-state index contributed by atoms with van der Waals surface area (Å²) in [5, 5.41) is 8.94. The number of rotatable bonds is 6. The van der Waals surface area contributed by atoms with Gasteiger partial charge in [0.2, 0.25) is 0 Å². The van der Waals surface area contributed by atoms with Gasteiger partial charge in [0, 0.05) is 23.8 Å². The number of halogens is 6. The molecule has 1 heterocycles. The van der Waals surface area contributed by atoms with Crippen LogP contribution in [0.4, 0.5) is 32.0 Å². The van der Waals surface area contributed by atoms with E-state index in [0.29, 0.717) is 11.4 Å². The number of anilines is 1. The van der Waals surface area contributed by atoms with Gasteiger partial charge in [0.15, 0.2) is 0 Å². The summed E-state index contributed by atoms with van der Waals surface area (Å²) in [6.07, 6.45) is -9.34. The first-order valence-electron chi connectivity index (χ1n) is 9.33. The second kappa shape index (κ2) is 8.96. The van der Waals surface area contributed by atoms with Crippen LogP contribution >= 0.6 is 0 Å². The SMILES string of the molecule is N#CC[C@@H]1C[C@H](C(F)(F)F)CN1c1ccc(OCc2ccccc2OC(F)(F)F)cc1. The first kappa shape index (κ1) is 22.6. The lowest BCUT2D eigenvalue weighted by Crippen LogP contribution is -2.30. The molecule has 0 N–H and O–H groups in total. The largest absolute Gasteiger partial charge is 0.573 e. The number of benzene rings is 2. The molecule has 0 aromatic heterocycles. The maximum absolute atomic E-state index is 13.1. The predicted molar refractivity (Wildman–Crippen MR) is 99.4 cm³/mol. The molecular weight excluding hydrogens is 426 g/mol. The molecule has 1 aliphatic rings. The smallest absolute Gasteiger partial charge is 0.489 e. The highest BCUT2D eigenvalue weighted by Gasteiger charge is 2.47. The summed E-state index contributed by atoms with van der Waals surface area (Å²) in [6.45, 7) is -0.430. The van der Waals surface area contributed by atoms with Crippen molar-refractivity contribution in [3.63, 3.8) is 0 Å². The van der Waals surface area contributed by atoms with Crippen LogP contribution < -0.4 is 14.4 Å². The van der Waals surface area contributed by atoms with Gasteiger partial charge in [-0.1, -0.05) is 18.2 Å². The van der Waals surface area contributed by atoms with Crippen molar-refractivity contribution in [1.29, 1.82) is 5.26 Å². The first-order valence-corrected chi connectivity index (χ1v) is 9.33. The van der Waals surface area contributed by atoms with Crippen LogP contribution in [0.2, 0.25) is 0 Å².